The number of pyridine rings is 1. The molecule has 2 aliphatic heterocycles. The predicted molar refractivity (Wildman–Crippen MR) is 226 cm³/mol. The number of amides is 5. The van der Waals surface area contributed by atoms with Crippen molar-refractivity contribution >= 4 is 46.1 Å². The lowest BCUT2D eigenvalue weighted by Gasteiger charge is -2.63. The SMILES string of the molecule is [C-]#[N+]c1ccc(OC2C(C)(C)C(NC(=O)c3ccc(OCCCCN(C)C4CC(Oc5ccc6c(c5)C(=O)N(C5CCC(=O)NC5=O)C6=O)C4)cc3)C2(C)C)c2cccnc12. The van der Waals surface area contributed by atoms with E-state index in [0.717, 1.165) is 42.5 Å². The maximum Gasteiger partial charge on any atom is 0.262 e. The van der Waals surface area contributed by atoms with E-state index < -0.39 is 29.7 Å². The van der Waals surface area contributed by atoms with Crippen molar-refractivity contribution in [3.63, 3.8) is 0 Å². The van der Waals surface area contributed by atoms with Gasteiger partial charge in [-0.05, 0) is 93.5 Å². The van der Waals surface area contributed by atoms with Gasteiger partial charge in [0.2, 0.25) is 17.5 Å². The summed E-state index contributed by atoms with van der Waals surface area (Å²) in [6, 6.07) is 18.6. The normalized spacial score (nSPS) is 23.7. The molecular weight excluding hydrogens is 777 g/mol. The summed E-state index contributed by atoms with van der Waals surface area (Å²) in [5.74, 6) is -0.416. The summed E-state index contributed by atoms with van der Waals surface area (Å²) >= 11 is 0. The second kappa shape index (κ2) is 16.3. The Labute approximate surface area is 354 Å². The summed E-state index contributed by atoms with van der Waals surface area (Å²) < 4.78 is 18.8. The third-order valence-electron chi connectivity index (χ3n) is 12.9. The number of piperidine rings is 1. The Morgan fingerprint density at radius 3 is 2.38 bits per heavy atom. The minimum atomic E-state index is -1.00. The Morgan fingerprint density at radius 2 is 1.66 bits per heavy atom. The third-order valence-corrected chi connectivity index (χ3v) is 12.9. The predicted octanol–water partition coefficient (Wildman–Crippen LogP) is 6.50. The average molecular weight is 827 g/mol. The molecule has 1 aromatic heterocycles. The van der Waals surface area contributed by atoms with E-state index in [9.17, 15) is 24.0 Å². The first-order valence-electron chi connectivity index (χ1n) is 20.9. The number of hydrogen-bond donors (Lipinski definition) is 2. The standard InChI is InChI=1S/C47H50N6O8/c1-46(2)44(47(3,4)45(46)61-37-19-17-35(48-5)39-33(37)10-9-21-49-39)51-40(55)27-11-13-29(14-12-27)59-23-8-7-22-52(6)28-24-31(25-28)60-30-15-16-32-34(26-30)43(58)53(42(32)57)36-18-20-38(54)50-41(36)56/h9-17,19,21,26,28,31,36,44-45H,7-8,18,20,22-25H2,1-4,6H3,(H,51,55)(H,50,54,56). The van der Waals surface area contributed by atoms with Gasteiger partial charge in [-0.25, -0.2) is 4.85 Å². The second-order valence-electron chi connectivity index (χ2n) is 17.7. The molecule has 61 heavy (non-hydrogen) atoms. The van der Waals surface area contributed by atoms with Gasteiger partial charge in [0, 0.05) is 59.3 Å². The van der Waals surface area contributed by atoms with Crippen LogP contribution in [0.3, 0.4) is 0 Å². The zero-order chi connectivity index (χ0) is 43.2. The van der Waals surface area contributed by atoms with Gasteiger partial charge in [-0.2, -0.15) is 0 Å². The van der Waals surface area contributed by atoms with Crippen molar-refractivity contribution in [2.75, 3.05) is 20.2 Å². The van der Waals surface area contributed by atoms with Crippen molar-refractivity contribution in [1.29, 1.82) is 0 Å². The van der Waals surface area contributed by atoms with E-state index >= 15 is 0 Å². The molecule has 0 spiro atoms. The monoisotopic (exact) mass is 826 g/mol. The van der Waals surface area contributed by atoms with Crippen molar-refractivity contribution in [3.05, 3.63) is 101 Å². The van der Waals surface area contributed by atoms with Gasteiger partial charge in [0.15, 0.2) is 0 Å². The molecule has 3 aromatic carbocycles. The highest BCUT2D eigenvalue weighted by Crippen LogP contribution is 2.56. The van der Waals surface area contributed by atoms with E-state index in [1.54, 1.807) is 42.6 Å². The number of ether oxygens (including phenoxy) is 3. The molecule has 4 aromatic rings. The van der Waals surface area contributed by atoms with Gasteiger partial charge in [0.25, 0.3) is 17.7 Å². The van der Waals surface area contributed by atoms with E-state index in [-0.39, 0.29) is 59.0 Å². The van der Waals surface area contributed by atoms with Crippen LogP contribution in [0.4, 0.5) is 5.69 Å². The summed E-state index contributed by atoms with van der Waals surface area (Å²) in [5, 5.41) is 6.27. The first kappa shape index (κ1) is 41.4. The van der Waals surface area contributed by atoms with Gasteiger partial charge >= 0.3 is 0 Å². The fraction of sp³-hybridized carbons (Fsp3) is 0.426. The lowest BCUT2D eigenvalue weighted by Crippen LogP contribution is -2.74. The molecule has 5 amide bonds. The molecule has 4 aliphatic rings. The lowest BCUT2D eigenvalue weighted by atomic mass is 9.49. The fourth-order valence-electron chi connectivity index (χ4n) is 9.71. The number of unbranched alkanes of at least 4 members (excludes halogenated alkanes) is 1. The van der Waals surface area contributed by atoms with Gasteiger partial charge in [-0.3, -0.25) is 39.2 Å². The van der Waals surface area contributed by atoms with Gasteiger partial charge in [0.1, 0.15) is 35.5 Å². The molecule has 2 N–H and O–H groups in total. The summed E-state index contributed by atoms with van der Waals surface area (Å²) in [5.41, 5.74) is 1.33. The van der Waals surface area contributed by atoms with Gasteiger partial charge in [0.05, 0.1) is 29.8 Å². The number of fused-ring (bicyclic) bond motifs is 2. The summed E-state index contributed by atoms with van der Waals surface area (Å²) in [4.78, 5) is 74.9. The van der Waals surface area contributed by atoms with Crippen LogP contribution in [-0.4, -0.2) is 94.9 Å². The molecule has 2 aliphatic carbocycles. The van der Waals surface area contributed by atoms with Crippen molar-refractivity contribution in [3.8, 4) is 17.2 Å². The first-order valence-corrected chi connectivity index (χ1v) is 20.9. The van der Waals surface area contributed by atoms with Crippen LogP contribution in [0.15, 0.2) is 72.9 Å². The smallest absolute Gasteiger partial charge is 0.262 e. The van der Waals surface area contributed by atoms with Crippen LogP contribution in [-0.2, 0) is 9.59 Å². The molecule has 1 saturated heterocycles. The quantitative estimate of drug-likeness (QED) is 0.0816. The van der Waals surface area contributed by atoms with Crippen molar-refractivity contribution in [2.24, 2.45) is 10.8 Å². The van der Waals surface area contributed by atoms with Crippen molar-refractivity contribution in [1.82, 2.24) is 25.4 Å². The largest absolute Gasteiger partial charge is 0.494 e. The molecule has 1 atom stereocenters. The Kier molecular flexibility index (Phi) is 11.0. The molecule has 3 heterocycles. The third kappa shape index (κ3) is 7.78. The molecule has 2 saturated carbocycles. The van der Waals surface area contributed by atoms with E-state index in [1.807, 2.05) is 30.3 Å². The molecule has 14 heteroatoms. The fourth-order valence-corrected chi connectivity index (χ4v) is 9.71. The number of rotatable bonds is 14. The summed E-state index contributed by atoms with van der Waals surface area (Å²) in [6.45, 7) is 17.4. The molecule has 0 radical (unpaired) electrons. The van der Waals surface area contributed by atoms with Crippen LogP contribution in [0.25, 0.3) is 15.7 Å². The number of aromatic nitrogens is 1. The Hall–Kier alpha value is -6.33. The molecule has 14 nitrogen and oxygen atoms in total. The van der Waals surface area contributed by atoms with E-state index in [1.165, 1.54) is 0 Å². The molecule has 3 fully saturated rings. The van der Waals surface area contributed by atoms with Crippen LogP contribution in [0, 0.1) is 17.4 Å². The highest BCUT2D eigenvalue weighted by Gasteiger charge is 2.64. The summed E-state index contributed by atoms with van der Waals surface area (Å²) in [6.07, 6.45) is 5.11. The van der Waals surface area contributed by atoms with Crippen molar-refractivity contribution < 1.29 is 38.2 Å². The van der Waals surface area contributed by atoms with Crippen LogP contribution >= 0.6 is 0 Å². The molecule has 316 valence electrons. The van der Waals surface area contributed by atoms with Crippen LogP contribution in [0.5, 0.6) is 17.2 Å². The number of nitrogens with zero attached hydrogens (tertiary/aromatic N) is 4. The number of imide groups is 2. The Balaban J connectivity index is 0.745. The number of carbonyl (C=O) groups is 5. The van der Waals surface area contributed by atoms with E-state index in [0.29, 0.717) is 46.7 Å². The minimum absolute atomic E-state index is 0.0186. The minimum Gasteiger partial charge on any atom is -0.494 e. The van der Waals surface area contributed by atoms with Crippen LogP contribution in [0.2, 0.25) is 0 Å². The van der Waals surface area contributed by atoms with Gasteiger partial charge in [-0.1, -0.05) is 33.8 Å². The molecule has 0 bridgehead atoms. The Bertz CT molecular complexity index is 2440. The van der Waals surface area contributed by atoms with Gasteiger partial charge < -0.3 is 24.4 Å². The molecule has 1 unspecified atom stereocenters. The number of carbonyl (C=O) groups excluding carboxylic acids is 5. The lowest BCUT2D eigenvalue weighted by molar-refractivity contribution is -0.163. The number of nitrogens with one attached hydrogen (secondary N) is 2. The number of benzene rings is 3. The van der Waals surface area contributed by atoms with E-state index in [4.69, 9.17) is 20.8 Å². The zero-order valence-electron chi connectivity index (χ0n) is 35.0. The van der Waals surface area contributed by atoms with Crippen LogP contribution < -0.4 is 24.8 Å². The maximum atomic E-state index is 13.5. The summed E-state index contributed by atoms with van der Waals surface area (Å²) in [7, 11) is 2.10. The zero-order valence-corrected chi connectivity index (χ0v) is 35.0. The van der Waals surface area contributed by atoms with Crippen molar-refractivity contribution in [2.45, 2.75) is 96.6 Å². The number of hydrogen-bond acceptors (Lipinski definition) is 10. The van der Waals surface area contributed by atoms with E-state index in [2.05, 4.69) is 60.1 Å². The first-order chi connectivity index (χ1) is 29.2. The van der Waals surface area contributed by atoms with Crippen LogP contribution in [0.1, 0.15) is 97.3 Å². The average Bonchev–Trinajstić information content (AvgIpc) is 3.47. The second-order valence-corrected chi connectivity index (χ2v) is 17.7. The molecule has 8 rings (SSSR count). The Morgan fingerprint density at radius 1 is 0.934 bits per heavy atom. The van der Waals surface area contributed by atoms with Gasteiger partial charge in [-0.15, -0.1) is 0 Å². The highest BCUT2D eigenvalue weighted by atomic mass is 16.5. The molecular formula is C47H50N6O8. The topological polar surface area (TPSA) is 161 Å². The highest BCUT2D eigenvalue weighted by molar-refractivity contribution is 6.23. The maximum absolute atomic E-state index is 13.5.